The van der Waals surface area contributed by atoms with Crippen LogP contribution < -0.4 is 9.47 Å². The lowest BCUT2D eigenvalue weighted by molar-refractivity contribution is -0.268. The van der Waals surface area contributed by atoms with Gasteiger partial charge in [-0.1, -0.05) is 74.7 Å². The van der Waals surface area contributed by atoms with Crippen molar-refractivity contribution in [2.75, 3.05) is 33.5 Å². The Morgan fingerprint density at radius 1 is 0.756 bits per heavy atom. The second kappa shape index (κ2) is 18.5. The molecule has 1 saturated heterocycles. The first-order valence-corrected chi connectivity index (χ1v) is 16.6. The summed E-state index contributed by atoms with van der Waals surface area (Å²) in [5.41, 5.74) is 4.02. The molecule has 5 atom stereocenters. The van der Waals surface area contributed by atoms with Crippen molar-refractivity contribution in [3.8, 4) is 11.5 Å². The van der Waals surface area contributed by atoms with Crippen LogP contribution in [0.1, 0.15) is 74.8 Å². The third kappa shape index (κ3) is 9.92. The van der Waals surface area contributed by atoms with E-state index in [1.807, 2.05) is 55.5 Å². The number of hydrogen-bond acceptors (Lipinski definition) is 7. The van der Waals surface area contributed by atoms with Gasteiger partial charge in [0.25, 0.3) is 0 Å². The molecule has 1 fully saturated rings. The van der Waals surface area contributed by atoms with Crippen LogP contribution >= 0.6 is 11.6 Å². The standard InChI is InChI=1S/C37H49ClO7/c1-5-8-20-42-36-34(28-14-19-32(38)29(23-28)22-26-10-17-31(18-11-26)41-7-3)45-33(24-39)35(37(36)43-21-9-6-2)44-25-27-12-15-30(40-4)16-13-27/h10-19,23,33-37,39H,5-9,20-22,24-25H2,1-4H3/t33-,34+,35-,36+,37+/m1/s1. The van der Waals surface area contributed by atoms with E-state index in [1.165, 1.54) is 0 Å². The molecule has 8 heteroatoms. The van der Waals surface area contributed by atoms with Crippen molar-refractivity contribution in [2.45, 2.75) is 90.0 Å². The molecule has 7 nitrogen and oxygen atoms in total. The van der Waals surface area contributed by atoms with Gasteiger partial charge in [0.1, 0.15) is 42.0 Å². The predicted octanol–water partition coefficient (Wildman–Crippen LogP) is 7.73. The summed E-state index contributed by atoms with van der Waals surface area (Å²) in [7, 11) is 1.65. The van der Waals surface area contributed by atoms with E-state index in [2.05, 4.69) is 32.0 Å². The normalized spacial score (nSPS) is 21.5. The SMILES string of the molecule is CCCCO[C@@H]1[C@@H](OCCCC)[C@H](c2ccc(Cl)c(Cc3ccc(OCC)cc3)c2)O[C@H](CO)[C@H]1OCc1ccc(OC)cc1. The highest BCUT2D eigenvalue weighted by molar-refractivity contribution is 6.31. The molecule has 1 aliphatic heterocycles. The van der Waals surface area contributed by atoms with Crippen LogP contribution in [-0.4, -0.2) is 63.1 Å². The molecule has 0 aromatic heterocycles. The van der Waals surface area contributed by atoms with Crippen LogP contribution in [0.3, 0.4) is 0 Å². The molecule has 0 amide bonds. The lowest BCUT2D eigenvalue weighted by atomic mass is 9.89. The Morgan fingerprint density at radius 3 is 2.02 bits per heavy atom. The van der Waals surface area contributed by atoms with Gasteiger partial charge >= 0.3 is 0 Å². The molecule has 0 unspecified atom stereocenters. The summed E-state index contributed by atoms with van der Waals surface area (Å²) in [5.74, 6) is 1.63. The first-order valence-electron chi connectivity index (χ1n) is 16.2. The summed E-state index contributed by atoms with van der Waals surface area (Å²) >= 11 is 6.73. The van der Waals surface area contributed by atoms with Crippen molar-refractivity contribution >= 4 is 11.6 Å². The smallest absolute Gasteiger partial charge is 0.119 e. The second-order valence-corrected chi connectivity index (χ2v) is 11.8. The van der Waals surface area contributed by atoms with Gasteiger partial charge in [0, 0.05) is 18.2 Å². The van der Waals surface area contributed by atoms with Gasteiger partial charge in [-0.15, -0.1) is 0 Å². The van der Waals surface area contributed by atoms with Crippen molar-refractivity contribution in [1.82, 2.24) is 0 Å². The van der Waals surface area contributed by atoms with Gasteiger partial charge in [-0.2, -0.15) is 0 Å². The minimum absolute atomic E-state index is 0.217. The molecule has 3 aromatic carbocycles. The number of aliphatic hydroxyl groups excluding tert-OH is 1. The Labute approximate surface area is 273 Å². The average Bonchev–Trinajstić information content (AvgIpc) is 3.06. The number of aliphatic hydroxyl groups is 1. The summed E-state index contributed by atoms with van der Waals surface area (Å²) < 4.78 is 37.2. The second-order valence-electron chi connectivity index (χ2n) is 11.4. The van der Waals surface area contributed by atoms with Crippen molar-refractivity contribution in [1.29, 1.82) is 0 Å². The van der Waals surface area contributed by atoms with Gasteiger partial charge < -0.3 is 33.5 Å². The maximum Gasteiger partial charge on any atom is 0.119 e. The Balaban J connectivity index is 1.63. The van der Waals surface area contributed by atoms with Gasteiger partial charge in [0.05, 0.1) is 26.9 Å². The van der Waals surface area contributed by atoms with Crippen LogP contribution in [0.25, 0.3) is 0 Å². The van der Waals surface area contributed by atoms with Crippen LogP contribution in [-0.2, 0) is 32.0 Å². The fourth-order valence-electron chi connectivity index (χ4n) is 5.54. The van der Waals surface area contributed by atoms with Crippen LogP contribution in [0.15, 0.2) is 66.7 Å². The number of unbranched alkanes of at least 4 members (excludes halogenated alkanes) is 2. The van der Waals surface area contributed by atoms with Crippen molar-refractivity contribution in [3.05, 3.63) is 94.0 Å². The lowest BCUT2D eigenvalue weighted by Crippen LogP contribution is -2.58. The summed E-state index contributed by atoms with van der Waals surface area (Å²) in [5, 5.41) is 11.3. The van der Waals surface area contributed by atoms with E-state index in [4.69, 9.17) is 40.0 Å². The molecule has 4 rings (SSSR count). The molecule has 1 aliphatic rings. The van der Waals surface area contributed by atoms with Gasteiger partial charge in [-0.05, 0) is 78.8 Å². The molecule has 3 aromatic rings. The van der Waals surface area contributed by atoms with Crippen LogP contribution in [0, 0.1) is 0 Å². The molecule has 0 radical (unpaired) electrons. The first-order chi connectivity index (χ1) is 22.0. The van der Waals surface area contributed by atoms with E-state index in [-0.39, 0.29) is 6.61 Å². The third-order valence-electron chi connectivity index (χ3n) is 8.06. The van der Waals surface area contributed by atoms with Crippen LogP contribution in [0.5, 0.6) is 11.5 Å². The van der Waals surface area contributed by atoms with Gasteiger partial charge in [-0.25, -0.2) is 0 Å². The van der Waals surface area contributed by atoms with E-state index in [1.54, 1.807) is 7.11 Å². The number of benzene rings is 3. The van der Waals surface area contributed by atoms with E-state index < -0.39 is 30.5 Å². The fourth-order valence-corrected chi connectivity index (χ4v) is 5.73. The number of hydrogen-bond donors (Lipinski definition) is 1. The monoisotopic (exact) mass is 640 g/mol. The minimum atomic E-state index is -0.615. The Kier molecular flexibility index (Phi) is 14.5. The van der Waals surface area contributed by atoms with Crippen molar-refractivity contribution in [2.24, 2.45) is 0 Å². The zero-order valence-electron chi connectivity index (χ0n) is 27.1. The molecular weight excluding hydrogens is 592 g/mol. The average molecular weight is 641 g/mol. The first kappa shape index (κ1) is 35.2. The lowest BCUT2D eigenvalue weighted by Gasteiger charge is -2.46. The zero-order valence-corrected chi connectivity index (χ0v) is 27.8. The highest BCUT2D eigenvalue weighted by Gasteiger charge is 2.48. The third-order valence-corrected chi connectivity index (χ3v) is 8.43. The molecule has 0 spiro atoms. The van der Waals surface area contributed by atoms with Crippen LogP contribution in [0.4, 0.5) is 0 Å². The Morgan fingerprint density at radius 2 is 1.40 bits per heavy atom. The highest BCUT2D eigenvalue weighted by Crippen LogP contribution is 2.39. The predicted molar refractivity (Wildman–Crippen MR) is 177 cm³/mol. The zero-order chi connectivity index (χ0) is 32.0. The molecule has 0 aliphatic carbocycles. The maximum absolute atomic E-state index is 10.6. The molecule has 0 bridgehead atoms. The highest BCUT2D eigenvalue weighted by atomic mass is 35.5. The Bertz CT molecular complexity index is 1270. The number of methoxy groups -OCH3 is 1. The maximum atomic E-state index is 10.6. The van der Waals surface area contributed by atoms with Crippen LogP contribution in [0.2, 0.25) is 5.02 Å². The minimum Gasteiger partial charge on any atom is -0.497 e. The topological polar surface area (TPSA) is 75.6 Å². The molecule has 1 heterocycles. The summed E-state index contributed by atoms with van der Waals surface area (Å²) in [6, 6.07) is 21.8. The van der Waals surface area contributed by atoms with Gasteiger partial charge in [0.2, 0.25) is 0 Å². The largest absolute Gasteiger partial charge is 0.497 e. The van der Waals surface area contributed by atoms with E-state index >= 15 is 0 Å². The Hall–Kier alpha value is -2.65. The summed E-state index contributed by atoms with van der Waals surface area (Å²) in [6.07, 6.45) is 1.95. The molecule has 246 valence electrons. The van der Waals surface area contributed by atoms with Crippen molar-refractivity contribution < 1.29 is 33.5 Å². The molecule has 1 N–H and O–H groups in total. The fraction of sp³-hybridized carbons (Fsp3) is 0.514. The summed E-state index contributed by atoms with van der Waals surface area (Å²) in [4.78, 5) is 0. The molecule has 45 heavy (non-hydrogen) atoms. The van der Waals surface area contributed by atoms with Crippen molar-refractivity contribution in [3.63, 3.8) is 0 Å². The number of rotatable bonds is 18. The quantitative estimate of drug-likeness (QED) is 0.143. The van der Waals surface area contributed by atoms with Gasteiger partial charge in [0.15, 0.2) is 0 Å². The molecular formula is C37H49ClO7. The van der Waals surface area contributed by atoms with E-state index in [9.17, 15) is 5.11 Å². The van der Waals surface area contributed by atoms with Gasteiger partial charge in [-0.3, -0.25) is 0 Å². The van der Waals surface area contributed by atoms with E-state index in [0.29, 0.717) is 37.9 Å². The molecule has 0 saturated carbocycles. The number of ether oxygens (including phenoxy) is 6. The van der Waals surface area contributed by atoms with E-state index in [0.717, 1.165) is 59.4 Å². The number of halogens is 1. The summed E-state index contributed by atoms with van der Waals surface area (Å²) in [6.45, 7) is 8.13.